The van der Waals surface area contributed by atoms with Gasteiger partial charge in [-0.1, -0.05) is 13.0 Å². The number of hydrogen-bond donors (Lipinski definition) is 1. The average molecular weight is 222 g/mol. The predicted octanol–water partition coefficient (Wildman–Crippen LogP) is 2.37. The predicted molar refractivity (Wildman–Crippen MR) is 61.8 cm³/mol. The van der Waals surface area contributed by atoms with Crippen LogP contribution >= 0.6 is 0 Å². The van der Waals surface area contributed by atoms with Gasteiger partial charge in [0.1, 0.15) is 0 Å². The lowest BCUT2D eigenvalue weighted by Gasteiger charge is -2.07. The molecule has 0 spiro atoms. The van der Waals surface area contributed by atoms with Crippen LogP contribution in [0.25, 0.3) is 0 Å². The second-order valence-electron chi connectivity index (χ2n) is 4.37. The van der Waals surface area contributed by atoms with Gasteiger partial charge in [0.05, 0.1) is 0 Å². The van der Waals surface area contributed by atoms with Gasteiger partial charge in [-0.05, 0) is 42.9 Å². The first-order valence-corrected chi connectivity index (χ1v) is 5.79. The summed E-state index contributed by atoms with van der Waals surface area (Å²) in [4.78, 5) is 0. The highest BCUT2D eigenvalue weighted by Crippen LogP contribution is 2.32. The maximum absolute atomic E-state index is 8.92. The van der Waals surface area contributed by atoms with Gasteiger partial charge in [-0.2, -0.15) is 0 Å². The van der Waals surface area contributed by atoms with Gasteiger partial charge in [0, 0.05) is 6.61 Å². The van der Waals surface area contributed by atoms with Crippen LogP contribution < -0.4 is 9.47 Å². The highest BCUT2D eigenvalue weighted by Gasteiger charge is 2.12. The van der Waals surface area contributed by atoms with Crippen LogP contribution in [0.1, 0.15) is 25.3 Å². The van der Waals surface area contributed by atoms with Gasteiger partial charge in [-0.3, -0.25) is 0 Å². The first-order chi connectivity index (χ1) is 7.79. The smallest absolute Gasteiger partial charge is 0.231 e. The van der Waals surface area contributed by atoms with Crippen molar-refractivity contribution in [3.8, 4) is 11.5 Å². The van der Waals surface area contributed by atoms with Gasteiger partial charge >= 0.3 is 0 Å². The topological polar surface area (TPSA) is 38.7 Å². The fourth-order valence-corrected chi connectivity index (χ4v) is 1.84. The highest BCUT2D eigenvalue weighted by molar-refractivity contribution is 5.44. The number of aryl methyl sites for hydroxylation is 1. The summed E-state index contributed by atoms with van der Waals surface area (Å²) in [5, 5.41) is 8.92. The third-order valence-electron chi connectivity index (χ3n) is 2.91. The quantitative estimate of drug-likeness (QED) is 0.831. The molecule has 1 heterocycles. The lowest BCUT2D eigenvalue weighted by molar-refractivity contribution is 0.174. The molecule has 1 aliphatic heterocycles. The van der Waals surface area contributed by atoms with Crippen molar-refractivity contribution in [2.75, 3.05) is 13.4 Å². The van der Waals surface area contributed by atoms with E-state index in [1.54, 1.807) is 0 Å². The molecule has 16 heavy (non-hydrogen) atoms. The van der Waals surface area contributed by atoms with E-state index in [9.17, 15) is 0 Å². The molecule has 0 radical (unpaired) electrons. The summed E-state index contributed by atoms with van der Waals surface area (Å²) in [5.41, 5.74) is 1.27. The Labute approximate surface area is 96.0 Å². The Morgan fingerprint density at radius 1 is 1.31 bits per heavy atom. The molecule has 1 aromatic rings. The first kappa shape index (κ1) is 11.3. The van der Waals surface area contributed by atoms with Gasteiger partial charge in [-0.15, -0.1) is 0 Å². The van der Waals surface area contributed by atoms with Crippen LogP contribution in [0.5, 0.6) is 11.5 Å². The summed E-state index contributed by atoms with van der Waals surface area (Å²) in [6.07, 6.45) is 3.19. The second-order valence-corrected chi connectivity index (χ2v) is 4.37. The van der Waals surface area contributed by atoms with E-state index in [0.717, 1.165) is 30.8 Å². The van der Waals surface area contributed by atoms with Crippen LogP contribution in [0.15, 0.2) is 18.2 Å². The van der Waals surface area contributed by atoms with Gasteiger partial charge in [-0.25, -0.2) is 0 Å². The van der Waals surface area contributed by atoms with Crippen LogP contribution in [0.4, 0.5) is 0 Å². The maximum Gasteiger partial charge on any atom is 0.231 e. The minimum absolute atomic E-state index is 0.279. The number of aliphatic hydroxyl groups is 1. The molecule has 0 bridgehead atoms. The molecule has 0 fully saturated rings. The molecule has 88 valence electrons. The molecule has 0 aliphatic carbocycles. The third kappa shape index (κ3) is 2.67. The lowest BCUT2D eigenvalue weighted by Crippen LogP contribution is -2.00. The van der Waals surface area contributed by atoms with Gasteiger partial charge in [0.2, 0.25) is 6.79 Å². The summed E-state index contributed by atoms with van der Waals surface area (Å²) < 4.78 is 10.6. The first-order valence-electron chi connectivity index (χ1n) is 5.79. The van der Waals surface area contributed by atoms with Gasteiger partial charge in [0.15, 0.2) is 11.5 Å². The van der Waals surface area contributed by atoms with Crippen molar-refractivity contribution < 1.29 is 14.6 Å². The summed E-state index contributed by atoms with van der Waals surface area (Å²) >= 11 is 0. The van der Waals surface area contributed by atoms with Crippen LogP contribution in [-0.2, 0) is 6.42 Å². The third-order valence-corrected chi connectivity index (χ3v) is 2.91. The van der Waals surface area contributed by atoms with E-state index in [2.05, 4.69) is 13.0 Å². The van der Waals surface area contributed by atoms with Crippen LogP contribution in [-0.4, -0.2) is 18.5 Å². The Morgan fingerprint density at radius 3 is 2.94 bits per heavy atom. The molecule has 3 nitrogen and oxygen atoms in total. The van der Waals surface area contributed by atoms with E-state index >= 15 is 0 Å². The number of fused-ring (bicyclic) bond motifs is 1. The SMILES string of the molecule is C[C@H](CO)CCCc1ccc2c(c1)OCO2. The molecule has 0 aromatic heterocycles. The number of benzene rings is 1. The number of rotatable bonds is 5. The van der Waals surface area contributed by atoms with Crippen molar-refractivity contribution in [1.82, 2.24) is 0 Å². The zero-order valence-electron chi connectivity index (χ0n) is 9.61. The number of hydrogen-bond acceptors (Lipinski definition) is 3. The zero-order valence-corrected chi connectivity index (χ0v) is 9.61. The molecule has 1 N–H and O–H groups in total. The van der Waals surface area contributed by atoms with E-state index in [-0.39, 0.29) is 6.61 Å². The van der Waals surface area contributed by atoms with E-state index < -0.39 is 0 Å². The van der Waals surface area contributed by atoms with Crippen molar-refractivity contribution in [3.05, 3.63) is 23.8 Å². The zero-order chi connectivity index (χ0) is 11.4. The standard InChI is InChI=1S/C13H18O3/c1-10(8-14)3-2-4-11-5-6-12-13(7-11)16-9-15-12/h5-7,10,14H,2-4,8-9H2,1H3/t10-/m0/s1. The molecule has 0 amide bonds. The van der Waals surface area contributed by atoms with E-state index in [1.807, 2.05) is 12.1 Å². The summed E-state index contributed by atoms with van der Waals surface area (Å²) in [5.74, 6) is 2.09. The maximum atomic E-state index is 8.92. The second kappa shape index (κ2) is 5.21. The Morgan fingerprint density at radius 2 is 2.12 bits per heavy atom. The van der Waals surface area contributed by atoms with E-state index in [4.69, 9.17) is 14.6 Å². The van der Waals surface area contributed by atoms with Crippen molar-refractivity contribution in [3.63, 3.8) is 0 Å². The van der Waals surface area contributed by atoms with E-state index in [1.165, 1.54) is 5.56 Å². The average Bonchev–Trinajstić information content (AvgIpc) is 2.76. The van der Waals surface area contributed by atoms with Crippen molar-refractivity contribution in [2.45, 2.75) is 26.2 Å². The normalized spacial score (nSPS) is 15.1. The molecular weight excluding hydrogens is 204 g/mol. The highest BCUT2D eigenvalue weighted by atomic mass is 16.7. The molecule has 3 heteroatoms. The molecule has 1 aromatic carbocycles. The molecule has 1 atom stereocenters. The largest absolute Gasteiger partial charge is 0.454 e. The van der Waals surface area contributed by atoms with Crippen LogP contribution in [0.3, 0.4) is 0 Å². The molecule has 2 rings (SSSR count). The van der Waals surface area contributed by atoms with Crippen LogP contribution in [0.2, 0.25) is 0 Å². The monoisotopic (exact) mass is 222 g/mol. The summed E-state index contributed by atoms with van der Waals surface area (Å²) in [6.45, 7) is 2.68. The van der Waals surface area contributed by atoms with Crippen molar-refractivity contribution >= 4 is 0 Å². The Hall–Kier alpha value is -1.22. The minimum atomic E-state index is 0.279. The number of aliphatic hydroxyl groups excluding tert-OH is 1. The summed E-state index contributed by atoms with van der Waals surface area (Å²) in [7, 11) is 0. The van der Waals surface area contributed by atoms with Gasteiger partial charge < -0.3 is 14.6 Å². The van der Waals surface area contributed by atoms with E-state index in [0.29, 0.717) is 12.7 Å². The fourth-order valence-electron chi connectivity index (χ4n) is 1.84. The van der Waals surface area contributed by atoms with Crippen molar-refractivity contribution in [1.29, 1.82) is 0 Å². The summed E-state index contributed by atoms with van der Waals surface area (Å²) in [6, 6.07) is 6.09. The molecule has 1 aliphatic rings. The van der Waals surface area contributed by atoms with Crippen molar-refractivity contribution in [2.24, 2.45) is 5.92 Å². The molecule has 0 unspecified atom stereocenters. The minimum Gasteiger partial charge on any atom is -0.454 e. The Balaban J connectivity index is 1.86. The molecular formula is C13H18O3. The molecule has 0 saturated carbocycles. The Bertz CT molecular complexity index is 349. The number of ether oxygens (including phenoxy) is 2. The Kier molecular flexibility index (Phi) is 3.67. The van der Waals surface area contributed by atoms with Crippen LogP contribution in [0, 0.1) is 5.92 Å². The lowest BCUT2D eigenvalue weighted by atomic mass is 10.0. The molecule has 0 saturated heterocycles. The fraction of sp³-hybridized carbons (Fsp3) is 0.538. The van der Waals surface area contributed by atoms with Gasteiger partial charge in [0.25, 0.3) is 0 Å².